The molecule has 1 N–H and O–H groups in total. The molecule has 0 saturated heterocycles. The van der Waals surface area contributed by atoms with Gasteiger partial charge in [-0.15, -0.1) is 0 Å². The van der Waals surface area contributed by atoms with Gasteiger partial charge in [0.15, 0.2) is 0 Å². The Morgan fingerprint density at radius 1 is 1.00 bits per heavy atom. The van der Waals surface area contributed by atoms with Crippen LogP contribution in [-0.4, -0.2) is 24.1 Å². The van der Waals surface area contributed by atoms with Crippen LogP contribution < -0.4 is 14.7 Å². The molecule has 0 saturated carbocycles. The standard InChI is InChI=1S/C28H22F2N2O3/c29-28(30)35-24-13-7-4-10-19(24)14-20-16-32(15-18-8-2-1-3-9-18)17-22-25(27(33)34)21-11-5-6-12-23(21)31-26(20)22/h1-14,28H,15-17H2,(H,33,34)/b20-14+. The molecule has 1 unspecified atom stereocenters. The molecule has 1 aliphatic heterocycles. The first-order valence-electron chi connectivity index (χ1n) is 11.2. The minimum absolute atomic E-state index is 0.0487. The summed E-state index contributed by atoms with van der Waals surface area (Å²) in [4.78, 5) is 18.2. The van der Waals surface area contributed by atoms with Crippen molar-refractivity contribution in [3.8, 4) is 5.75 Å². The summed E-state index contributed by atoms with van der Waals surface area (Å²) in [6.45, 7) is -1.33. The third-order valence-electron chi connectivity index (χ3n) is 6.13. The lowest BCUT2D eigenvalue weighted by Crippen LogP contribution is -3.10. The van der Waals surface area contributed by atoms with Crippen molar-refractivity contribution in [2.45, 2.75) is 19.7 Å². The Labute approximate surface area is 200 Å². The molecule has 1 aliphatic rings. The molecule has 5 nitrogen and oxygen atoms in total. The zero-order valence-corrected chi connectivity index (χ0v) is 18.7. The van der Waals surface area contributed by atoms with Gasteiger partial charge in [-0.3, -0.25) is 0 Å². The number of aromatic nitrogens is 1. The maximum absolute atomic E-state index is 13.0. The fourth-order valence-electron chi connectivity index (χ4n) is 4.71. The third-order valence-corrected chi connectivity index (χ3v) is 6.13. The van der Waals surface area contributed by atoms with Gasteiger partial charge < -0.3 is 19.5 Å². The average Bonchev–Trinajstić information content (AvgIpc) is 2.84. The van der Waals surface area contributed by atoms with E-state index in [1.807, 2.05) is 30.3 Å². The molecule has 176 valence electrons. The molecule has 3 aromatic carbocycles. The topological polar surface area (TPSA) is 66.7 Å². The molecular formula is C28H22F2N2O3. The lowest BCUT2D eigenvalue weighted by molar-refractivity contribution is -0.921. The number of fused-ring (bicyclic) bond motifs is 2. The Hall–Kier alpha value is -4.10. The average molecular weight is 472 g/mol. The highest BCUT2D eigenvalue weighted by molar-refractivity contribution is 6.05. The van der Waals surface area contributed by atoms with Crippen molar-refractivity contribution in [1.29, 1.82) is 0 Å². The number of carboxylic acid groups (broad SMARTS) is 1. The van der Waals surface area contributed by atoms with Crippen molar-refractivity contribution < 1.29 is 28.3 Å². The van der Waals surface area contributed by atoms with E-state index in [-0.39, 0.29) is 11.3 Å². The second-order valence-corrected chi connectivity index (χ2v) is 8.47. The summed E-state index contributed by atoms with van der Waals surface area (Å²) < 4.78 is 30.7. The number of carbonyl (C=O) groups excluding carboxylic acids is 1. The number of ether oxygens (including phenoxy) is 1. The Morgan fingerprint density at radius 2 is 1.71 bits per heavy atom. The molecule has 7 heteroatoms. The molecule has 4 aromatic rings. The lowest BCUT2D eigenvalue weighted by atomic mass is 9.91. The summed E-state index contributed by atoms with van der Waals surface area (Å²) in [5.74, 6) is -1.21. The molecule has 35 heavy (non-hydrogen) atoms. The first kappa shape index (κ1) is 22.7. The number of pyridine rings is 1. The number of carbonyl (C=O) groups is 1. The maximum atomic E-state index is 13.0. The van der Waals surface area contributed by atoms with E-state index in [1.54, 1.807) is 48.5 Å². The van der Waals surface area contributed by atoms with Crippen LogP contribution in [0, 0.1) is 0 Å². The van der Waals surface area contributed by atoms with Crippen LogP contribution >= 0.6 is 0 Å². The zero-order valence-electron chi connectivity index (χ0n) is 18.7. The van der Waals surface area contributed by atoms with Gasteiger partial charge in [0.25, 0.3) is 0 Å². The van der Waals surface area contributed by atoms with Gasteiger partial charge in [-0.05, 0) is 18.2 Å². The summed E-state index contributed by atoms with van der Waals surface area (Å²) in [5.41, 5.74) is 4.12. The van der Waals surface area contributed by atoms with Crippen molar-refractivity contribution in [1.82, 2.24) is 4.98 Å². The normalized spacial score (nSPS) is 16.4. The molecule has 0 bridgehead atoms. The van der Waals surface area contributed by atoms with E-state index in [2.05, 4.69) is 0 Å². The quantitative estimate of drug-likeness (QED) is 0.468. The SMILES string of the molecule is O=C([O-])c1c2c(nc3ccccc13)/C(=C/c1ccccc1OC(F)F)C[NH+](Cc1ccccc1)C2. The van der Waals surface area contributed by atoms with E-state index in [4.69, 9.17) is 9.72 Å². The number of halogens is 2. The smallest absolute Gasteiger partial charge is 0.387 e. The predicted octanol–water partition coefficient (Wildman–Crippen LogP) is 3.34. The van der Waals surface area contributed by atoms with Gasteiger partial charge in [0.2, 0.25) is 0 Å². The summed E-state index contributed by atoms with van der Waals surface area (Å²) >= 11 is 0. The van der Waals surface area contributed by atoms with Gasteiger partial charge >= 0.3 is 6.61 Å². The zero-order chi connectivity index (χ0) is 24.4. The van der Waals surface area contributed by atoms with E-state index in [0.717, 1.165) is 16.0 Å². The molecule has 2 heterocycles. The molecule has 0 spiro atoms. The molecule has 0 aliphatic carbocycles. The van der Waals surface area contributed by atoms with Crippen LogP contribution in [0.4, 0.5) is 8.78 Å². The van der Waals surface area contributed by atoms with Crippen LogP contribution in [0.15, 0.2) is 78.9 Å². The number of nitrogens with one attached hydrogen (secondary N) is 1. The van der Waals surface area contributed by atoms with Crippen molar-refractivity contribution >= 4 is 28.5 Å². The van der Waals surface area contributed by atoms with E-state index >= 15 is 0 Å². The van der Waals surface area contributed by atoms with E-state index in [1.165, 1.54) is 6.07 Å². The van der Waals surface area contributed by atoms with E-state index < -0.39 is 12.6 Å². The second kappa shape index (κ2) is 9.64. The molecule has 0 fully saturated rings. The van der Waals surface area contributed by atoms with E-state index in [0.29, 0.717) is 47.4 Å². The lowest BCUT2D eigenvalue weighted by Gasteiger charge is -2.30. The number of benzene rings is 3. The third kappa shape index (κ3) is 4.76. The van der Waals surface area contributed by atoms with Crippen LogP contribution in [0.2, 0.25) is 0 Å². The molecule has 0 amide bonds. The fraction of sp³-hybridized carbons (Fsp3) is 0.143. The molecule has 5 rings (SSSR count). The number of aromatic carboxylic acids is 1. The second-order valence-electron chi connectivity index (χ2n) is 8.47. The summed E-state index contributed by atoms with van der Waals surface area (Å²) in [7, 11) is 0. The number of quaternary nitrogens is 1. The van der Waals surface area contributed by atoms with Crippen molar-refractivity contribution in [3.63, 3.8) is 0 Å². The van der Waals surface area contributed by atoms with Crippen LogP contribution in [-0.2, 0) is 13.1 Å². The highest BCUT2D eigenvalue weighted by Crippen LogP contribution is 2.31. The number of alkyl halides is 2. The minimum atomic E-state index is -2.96. The number of carboxylic acids is 1. The number of para-hydroxylation sites is 2. The van der Waals surface area contributed by atoms with Crippen molar-refractivity contribution in [2.75, 3.05) is 6.54 Å². The van der Waals surface area contributed by atoms with Gasteiger partial charge in [-0.25, -0.2) is 4.98 Å². The number of rotatable bonds is 6. The summed E-state index contributed by atoms with van der Waals surface area (Å²) in [5, 5.41) is 12.8. The molecular weight excluding hydrogens is 450 g/mol. The summed E-state index contributed by atoms with van der Waals surface area (Å²) in [6, 6.07) is 23.5. The first-order valence-corrected chi connectivity index (χ1v) is 11.2. The highest BCUT2D eigenvalue weighted by atomic mass is 19.3. The van der Waals surface area contributed by atoms with Crippen molar-refractivity contribution in [3.05, 3.63) is 107 Å². The van der Waals surface area contributed by atoms with Crippen LogP contribution in [0.5, 0.6) is 5.75 Å². The van der Waals surface area contributed by atoms with Crippen LogP contribution in [0.25, 0.3) is 22.6 Å². The number of hydrogen-bond donors (Lipinski definition) is 1. The predicted molar refractivity (Wildman–Crippen MR) is 127 cm³/mol. The van der Waals surface area contributed by atoms with Gasteiger partial charge in [0, 0.05) is 33.2 Å². The van der Waals surface area contributed by atoms with Crippen LogP contribution in [0.3, 0.4) is 0 Å². The molecule has 1 atom stereocenters. The van der Waals surface area contributed by atoms with Gasteiger partial charge in [0.05, 0.1) is 17.2 Å². The Bertz CT molecular complexity index is 1420. The first-order chi connectivity index (χ1) is 17.0. The van der Waals surface area contributed by atoms with Gasteiger partial charge in [-0.1, -0.05) is 66.7 Å². The maximum Gasteiger partial charge on any atom is 0.387 e. The highest BCUT2D eigenvalue weighted by Gasteiger charge is 2.29. The summed E-state index contributed by atoms with van der Waals surface area (Å²) in [6.07, 6.45) is 1.77. The van der Waals surface area contributed by atoms with Crippen molar-refractivity contribution in [2.24, 2.45) is 0 Å². The Balaban J connectivity index is 1.68. The fourth-order valence-corrected chi connectivity index (χ4v) is 4.71. The minimum Gasteiger partial charge on any atom is -0.545 e. The number of hydrogen-bond acceptors (Lipinski definition) is 4. The van der Waals surface area contributed by atoms with E-state index in [9.17, 15) is 18.7 Å². The largest absolute Gasteiger partial charge is 0.545 e. The Morgan fingerprint density at radius 3 is 2.49 bits per heavy atom. The Kier molecular flexibility index (Phi) is 6.25. The van der Waals surface area contributed by atoms with Gasteiger partial charge in [0.1, 0.15) is 25.4 Å². The molecule has 1 aromatic heterocycles. The van der Waals surface area contributed by atoms with Gasteiger partial charge in [-0.2, -0.15) is 8.78 Å². The van der Waals surface area contributed by atoms with Crippen LogP contribution in [0.1, 0.15) is 32.7 Å². The molecule has 0 radical (unpaired) electrons. The number of nitrogens with zero attached hydrogens (tertiary/aromatic N) is 1. The monoisotopic (exact) mass is 472 g/mol.